The number of anilines is 2. The van der Waals surface area contributed by atoms with E-state index < -0.39 is 0 Å². The Labute approximate surface area is 160 Å². The lowest BCUT2D eigenvalue weighted by molar-refractivity contribution is 0.237. The largest absolute Gasteiger partial charge is 0.492 e. The van der Waals surface area contributed by atoms with Crippen molar-refractivity contribution < 1.29 is 4.74 Å². The molecule has 1 aliphatic heterocycles. The van der Waals surface area contributed by atoms with Crippen LogP contribution in [0.3, 0.4) is 0 Å². The molecule has 0 saturated carbocycles. The van der Waals surface area contributed by atoms with E-state index in [1.165, 1.54) is 25.9 Å². The standard InChI is InChI=1S/C21H27N5O/c1-16-18(7-6-8-20(16)27-12-11-26-9-4-5-10-26)25(3)21-13-19-17(14-22-21)23-15-24(19)2/h6-8,13-15H,4-5,9-12H2,1-3H3. The van der Waals surface area contributed by atoms with Gasteiger partial charge >= 0.3 is 0 Å². The maximum absolute atomic E-state index is 6.10. The van der Waals surface area contributed by atoms with Gasteiger partial charge in [0.05, 0.1) is 18.0 Å². The predicted octanol–water partition coefficient (Wildman–Crippen LogP) is 3.52. The van der Waals surface area contributed by atoms with Crippen molar-refractivity contribution in [3.05, 3.63) is 42.4 Å². The van der Waals surface area contributed by atoms with Crippen molar-refractivity contribution in [2.45, 2.75) is 19.8 Å². The molecule has 142 valence electrons. The highest BCUT2D eigenvalue weighted by Crippen LogP contribution is 2.32. The Morgan fingerprint density at radius 3 is 2.81 bits per heavy atom. The number of aromatic nitrogens is 3. The lowest BCUT2D eigenvalue weighted by Gasteiger charge is -2.22. The molecule has 1 saturated heterocycles. The molecule has 4 rings (SSSR count). The van der Waals surface area contributed by atoms with Crippen LogP contribution in [0.4, 0.5) is 11.5 Å². The molecule has 0 aliphatic carbocycles. The summed E-state index contributed by atoms with van der Waals surface area (Å²) in [6, 6.07) is 8.28. The molecule has 3 aromatic rings. The first-order valence-corrected chi connectivity index (χ1v) is 9.59. The summed E-state index contributed by atoms with van der Waals surface area (Å²) in [6.45, 7) is 6.24. The molecule has 0 atom stereocenters. The van der Waals surface area contributed by atoms with Crippen LogP contribution in [0.5, 0.6) is 5.75 Å². The molecule has 0 radical (unpaired) electrons. The molecule has 0 N–H and O–H groups in total. The van der Waals surface area contributed by atoms with E-state index in [4.69, 9.17) is 4.74 Å². The second-order valence-electron chi connectivity index (χ2n) is 7.24. The van der Waals surface area contributed by atoms with Crippen molar-refractivity contribution in [3.8, 4) is 5.75 Å². The molecule has 0 bridgehead atoms. The molecule has 1 aliphatic rings. The minimum Gasteiger partial charge on any atom is -0.492 e. The fourth-order valence-electron chi connectivity index (χ4n) is 3.74. The van der Waals surface area contributed by atoms with Gasteiger partial charge in [-0.05, 0) is 45.0 Å². The van der Waals surface area contributed by atoms with Gasteiger partial charge in [0.1, 0.15) is 23.7 Å². The first-order chi connectivity index (χ1) is 13.1. The highest BCUT2D eigenvalue weighted by atomic mass is 16.5. The summed E-state index contributed by atoms with van der Waals surface area (Å²) in [7, 11) is 4.04. The SMILES string of the molecule is Cc1c(OCCN2CCCC2)cccc1N(C)c1cc2c(cn1)ncn2C. The number of benzene rings is 1. The molecule has 3 heterocycles. The van der Waals surface area contributed by atoms with Crippen LogP contribution in [0.15, 0.2) is 36.8 Å². The van der Waals surface area contributed by atoms with Crippen LogP contribution in [0.25, 0.3) is 11.0 Å². The fourth-order valence-corrected chi connectivity index (χ4v) is 3.74. The smallest absolute Gasteiger partial charge is 0.134 e. The van der Waals surface area contributed by atoms with Crippen molar-refractivity contribution in [1.82, 2.24) is 19.4 Å². The zero-order chi connectivity index (χ0) is 18.8. The summed E-state index contributed by atoms with van der Waals surface area (Å²) < 4.78 is 8.11. The Bertz CT molecular complexity index is 929. The number of likely N-dealkylation sites (tertiary alicyclic amines) is 1. The predicted molar refractivity (Wildman–Crippen MR) is 109 cm³/mol. The van der Waals surface area contributed by atoms with Gasteiger partial charge in [-0.15, -0.1) is 0 Å². The van der Waals surface area contributed by atoms with E-state index in [0.29, 0.717) is 0 Å². The van der Waals surface area contributed by atoms with Gasteiger partial charge in [0.15, 0.2) is 0 Å². The van der Waals surface area contributed by atoms with Gasteiger partial charge in [-0.2, -0.15) is 0 Å². The minimum absolute atomic E-state index is 0.729. The highest BCUT2D eigenvalue weighted by molar-refractivity contribution is 5.79. The molecular weight excluding hydrogens is 338 g/mol. The number of fused-ring (bicyclic) bond motifs is 1. The van der Waals surface area contributed by atoms with E-state index in [9.17, 15) is 0 Å². The van der Waals surface area contributed by atoms with E-state index in [1.54, 1.807) is 0 Å². The van der Waals surface area contributed by atoms with Crippen LogP contribution in [0, 0.1) is 6.92 Å². The Hall–Kier alpha value is -2.60. The molecule has 1 fully saturated rings. The van der Waals surface area contributed by atoms with Gasteiger partial charge in [-0.3, -0.25) is 4.90 Å². The van der Waals surface area contributed by atoms with Crippen LogP contribution < -0.4 is 9.64 Å². The van der Waals surface area contributed by atoms with E-state index in [2.05, 4.69) is 38.8 Å². The Morgan fingerprint density at radius 2 is 2.00 bits per heavy atom. The van der Waals surface area contributed by atoms with E-state index in [-0.39, 0.29) is 0 Å². The van der Waals surface area contributed by atoms with E-state index in [1.807, 2.05) is 43.3 Å². The Morgan fingerprint density at radius 1 is 1.19 bits per heavy atom. The van der Waals surface area contributed by atoms with Crippen LogP contribution in [0.2, 0.25) is 0 Å². The van der Waals surface area contributed by atoms with Gasteiger partial charge in [-0.1, -0.05) is 6.07 Å². The topological polar surface area (TPSA) is 46.4 Å². The van der Waals surface area contributed by atoms with Crippen molar-refractivity contribution in [3.63, 3.8) is 0 Å². The molecular formula is C21H27N5O. The average Bonchev–Trinajstić information content (AvgIpc) is 3.32. The van der Waals surface area contributed by atoms with Crippen molar-refractivity contribution in [2.75, 3.05) is 38.2 Å². The zero-order valence-electron chi connectivity index (χ0n) is 16.4. The number of hydrogen-bond acceptors (Lipinski definition) is 5. The average molecular weight is 365 g/mol. The monoisotopic (exact) mass is 365 g/mol. The first kappa shape index (κ1) is 17.8. The highest BCUT2D eigenvalue weighted by Gasteiger charge is 2.14. The third-order valence-electron chi connectivity index (χ3n) is 5.42. The number of nitrogens with zero attached hydrogens (tertiary/aromatic N) is 5. The van der Waals surface area contributed by atoms with E-state index >= 15 is 0 Å². The normalized spacial score (nSPS) is 14.8. The van der Waals surface area contributed by atoms with Crippen LogP contribution in [0.1, 0.15) is 18.4 Å². The third kappa shape index (κ3) is 3.62. The molecule has 2 aromatic heterocycles. The van der Waals surface area contributed by atoms with Crippen LogP contribution in [-0.2, 0) is 7.05 Å². The lowest BCUT2D eigenvalue weighted by Crippen LogP contribution is -2.25. The maximum atomic E-state index is 6.10. The number of aryl methyl sites for hydroxylation is 1. The summed E-state index contributed by atoms with van der Waals surface area (Å²) in [4.78, 5) is 13.5. The lowest BCUT2D eigenvalue weighted by atomic mass is 10.1. The zero-order valence-corrected chi connectivity index (χ0v) is 16.4. The van der Waals surface area contributed by atoms with Crippen molar-refractivity contribution in [1.29, 1.82) is 0 Å². The summed E-state index contributed by atoms with van der Waals surface area (Å²) in [5.41, 5.74) is 4.21. The fraction of sp³-hybridized carbons (Fsp3) is 0.429. The van der Waals surface area contributed by atoms with Crippen LogP contribution in [-0.4, -0.2) is 52.7 Å². The van der Waals surface area contributed by atoms with Crippen molar-refractivity contribution >= 4 is 22.5 Å². The molecule has 6 heteroatoms. The van der Waals surface area contributed by atoms with Gasteiger partial charge in [0, 0.05) is 38.0 Å². The van der Waals surface area contributed by atoms with Gasteiger partial charge in [0.2, 0.25) is 0 Å². The number of pyridine rings is 1. The Kier molecular flexibility index (Phi) is 4.99. The van der Waals surface area contributed by atoms with Crippen molar-refractivity contribution in [2.24, 2.45) is 7.05 Å². The maximum Gasteiger partial charge on any atom is 0.134 e. The molecule has 6 nitrogen and oxygen atoms in total. The summed E-state index contributed by atoms with van der Waals surface area (Å²) in [6.07, 6.45) is 6.27. The summed E-state index contributed by atoms with van der Waals surface area (Å²) in [5.74, 6) is 1.84. The number of hydrogen-bond donors (Lipinski definition) is 0. The first-order valence-electron chi connectivity index (χ1n) is 9.59. The molecule has 0 unspecified atom stereocenters. The van der Waals surface area contributed by atoms with E-state index in [0.717, 1.165) is 47.0 Å². The molecule has 1 aromatic carbocycles. The summed E-state index contributed by atoms with van der Waals surface area (Å²) >= 11 is 0. The number of rotatable bonds is 6. The Balaban J connectivity index is 1.52. The third-order valence-corrected chi connectivity index (χ3v) is 5.42. The van der Waals surface area contributed by atoms with Gasteiger partial charge in [-0.25, -0.2) is 9.97 Å². The second kappa shape index (κ2) is 7.56. The molecule has 27 heavy (non-hydrogen) atoms. The number of ether oxygens (including phenoxy) is 1. The minimum atomic E-state index is 0.729. The molecule has 0 amide bonds. The summed E-state index contributed by atoms with van der Waals surface area (Å²) in [5, 5.41) is 0. The molecule has 0 spiro atoms. The quantitative estimate of drug-likeness (QED) is 0.669. The van der Waals surface area contributed by atoms with Gasteiger partial charge < -0.3 is 14.2 Å². The van der Waals surface area contributed by atoms with Gasteiger partial charge in [0.25, 0.3) is 0 Å². The second-order valence-corrected chi connectivity index (χ2v) is 7.24. The number of imidazole rings is 1. The van der Waals surface area contributed by atoms with Crippen LogP contribution >= 0.6 is 0 Å².